The number of hydrogen-bond donors (Lipinski definition) is 1. The Balaban J connectivity index is 2.04. The molecule has 5 nitrogen and oxygen atoms in total. The second-order valence-corrected chi connectivity index (χ2v) is 6.11. The van der Waals surface area contributed by atoms with Crippen LogP contribution in [0, 0.1) is 11.8 Å². The summed E-state index contributed by atoms with van der Waals surface area (Å²) in [6, 6.07) is 2.79. The predicted octanol–water partition coefficient (Wildman–Crippen LogP) is 2.58. The molecule has 1 amide bonds. The Bertz CT molecular complexity index is 647. The number of halogens is 3. The Hall–Kier alpha value is -1.96. The van der Waals surface area contributed by atoms with Crippen LogP contribution in [0.1, 0.15) is 36.5 Å². The first kappa shape index (κ1) is 15.9. The Morgan fingerprint density at radius 2 is 2.22 bits per heavy atom. The molecule has 3 atom stereocenters. The Labute approximate surface area is 130 Å². The number of nitrogens with zero attached hydrogens (tertiary/aromatic N) is 3. The van der Waals surface area contributed by atoms with Gasteiger partial charge in [0.05, 0.1) is 11.5 Å². The second-order valence-electron chi connectivity index (χ2n) is 6.11. The quantitative estimate of drug-likeness (QED) is 0.862. The van der Waals surface area contributed by atoms with Crippen LogP contribution < -0.4 is 0 Å². The maximum atomic E-state index is 13.6. The average Bonchev–Trinajstić information content (AvgIpc) is 2.81. The molecule has 1 aromatic heterocycles. The number of amides is 1. The molecule has 1 aliphatic carbocycles. The lowest BCUT2D eigenvalue weighted by Crippen LogP contribution is -2.61. The van der Waals surface area contributed by atoms with Crippen LogP contribution in [0.4, 0.5) is 13.2 Å². The third-order valence-corrected chi connectivity index (χ3v) is 4.49. The molecule has 1 aliphatic heterocycles. The van der Waals surface area contributed by atoms with Crippen molar-refractivity contribution in [2.24, 2.45) is 16.9 Å². The SMILES string of the molecule is C[C@@H]1CCC2=NN(C(=O)c3cccnc3)[C@](O)(C(F)(F)F)[C@@H]2C1. The van der Waals surface area contributed by atoms with Gasteiger partial charge in [-0.15, -0.1) is 0 Å². The van der Waals surface area contributed by atoms with E-state index in [0.717, 1.165) is 6.20 Å². The van der Waals surface area contributed by atoms with Crippen LogP contribution in [0.2, 0.25) is 0 Å². The zero-order chi connectivity index (χ0) is 16.8. The monoisotopic (exact) mass is 327 g/mol. The fourth-order valence-electron chi connectivity index (χ4n) is 3.22. The van der Waals surface area contributed by atoms with E-state index < -0.39 is 23.7 Å². The van der Waals surface area contributed by atoms with Crippen molar-refractivity contribution in [3.63, 3.8) is 0 Å². The van der Waals surface area contributed by atoms with Crippen molar-refractivity contribution in [1.29, 1.82) is 0 Å². The molecule has 23 heavy (non-hydrogen) atoms. The van der Waals surface area contributed by atoms with Crippen LogP contribution in [0.25, 0.3) is 0 Å². The van der Waals surface area contributed by atoms with Gasteiger partial charge in [-0.1, -0.05) is 6.92 Å². The van der Waals surface area contributed by atoms with Crippen molar-refractivity contribution in [2.45, 2.75) is 38.1 Å². The topological polar surface area (TPSA) is 65.8 Å². The van der Waals surface area contributed by atoms with Gasteiger partial charge < -0.3 is 5.11 Å². The lowest BCUT2D eigenvalue weighted by molar-refractivity contribution is -0.313. The maximum Gasteiger partial charge on any atom is 0.439 e. The summed E-state index contributed by atoms with van der Waals surface area (Å²) in [5.74, 6) is -2.19. The molecule has 1 N–H and O–H groups in total. The van der Waals surface area contributed by atoms with E-state index >= 15 is 0 Å². The number of carbonyl (C=O) groups is 1. The van der Waals surface area contributed by atoms with Crippen LogP contribution in [0.3, 0.4) is 0 Å². The molecule has 2 aliphatic rings. The van der Waals surface area contributed by atoms with Crippen LogP contribution in [-0.2, 0) is 0 Å². The fourth-order valence-corrected chi connectivity index (χ4v) is 3.22. The van der Waals surface area contributed by atoms with E-state index in [4.69, 9.17) is 0 Å². The summed E-state index contributed by atoms with van der Waals surface area (Å²) in [5, 5.41) is 14.5. The fraction of sp³-hybridized carbons (Fsp3) is 0.533. The number of aliphatic hydroxyl groups is 1. The first-order valence-corrected chi connectivity index (χ1v) is 7.36. The molecule has 1 aromatic rings. The van der Waals surface area contributed by atoms with Crippen molar-refractivity contribution < 1.29 is 23.1 Å². The van der Waals surface area contributed by atoms with E-state index in [1.54, 1.807) is 0 Å². The Kier molecular flexibility index (Phi) is 3.66. The maximum absolute atomic E-state index is 13.6. The molecule has 1 saturated carbocycles. The van der Waals surface area contributed by atoms with Crippen LogP contribution in [0.15, 0.2) is 29.6 Å². The molecular weight excluding hydrogens is 311 g/mol. The van der Waals surface area contributed by atoms with Gasteiger partial charge in [0.1, 0.15) is 0 Å². The summed E-state index contributed by atoms with van der Waals surface area (Å²) >= 11 is 0. The molecular formula is C15H16F3N3O2. The average molecular weight is 327 g/mol. The second kappa shape index (κ2) is 5.30. The van der Waals surface area contributed by atoms with Crippen LogP contribution in [0.5, 0.6) is 0 Å². The molecule has 0 bridgehead atoms. The van der Waals surface area contributed by atoms with Crippen LogP contribution >= 0.6 is 0 Å². The number of hydrazone groups is 1. The Morgan fingerprint density at radius 3 is 2.83 bits per heavy atom. The molecule has 0 unspecified atom stereocenters. The predicted molar refractivity (Wildman–Crippen MR) is 75.4 cm³/mol. The van der Waals surface area contributed by atoms with E-state index in [-0.39, 0.29) is 28.6 Å². The largest absolute Gasteiger partial charge is 0.439 e. The third-order valence-electron chi connectivity index (χ3n) is 4.49. The molecule has 2 heterocycles. The van der Waals surface area contributed by atoms with Crippen molar-refractivity contribution in [3.05, 3.63) is 30.1 Å². The minimum atomic E-state index is -5.00. The van der Waals surface area contributed by atoms with Crippen molar-refractivity contribution in [3.8, 4) is 0 Å². The van der Waals surface area contributed by atoms with Gasteiger partial charge in [-0.05, 0) is 37.3 Å². The lowest BCUT2D eigenvalue weighted by atomic mass is 9.76. The number of hydrogen-bond acceptors (Lipinski definition) is 4. The van der Waals surface area contributed by atoms with Gasteiger partial charge in [0, 0.05) is 18.1 Å². The summed E-state index contributed by atoms with van der Waals surface area (Å²) in [7, 11) is 0. The normalized spacial score (nSPS) is 30.8. The van der Waals surface area contributed by atoms with Gasteiger partial charge in [-0.3, -0.25) is 9.78 Å². The standard InChI is InChI=1S/C15H16F3N3O2/c1-9-4-5-12-11(7-9)14(23,15(16,17)18)21(20-12)13(22)10-3-2-6-19-8-10/h2-3,6,8-9,11,23H,4-5,7H2,1H3/t9-,11-,14-/m1/s1. The number of alkyl halides is 3. The number of pyridine rings is 1. The highest BCUT2D eigenvalue weighted by Crippen LogP contribution is 2.49. The van der Waals surface area contributed by atoms with Crippen molar-refractivity contribution in [1.82, 2.24) is 9.99 Å². The molecule has 0 spiro atoms. The molecule has 124 valence electrons. The summed E-state index contributed by atoms with van der Waals surface area (Å²) in [6.07, 6.45) is -1.25. The third kappa shape index (κ3) is 2.41. The zero-order valence-electron chi connectivity index (χ0n) is 12.4. The highest BCUT2D eigenvalue weighted by molar-refractivity contribution is 5.99. The summed E-state index contributed by atoms with van der Waals surface area (Å²) in [6.45, 7) is 1.83. The first-order valence-electron chi connectivity index (χ1n) is 7.36. The van der Waals surface area contributed by atoms with Crippen molar-refractivity contribution >= 4 is 11.6 Å². The van der Waals surface area contributed by atoms with E-state index in [1.807, 2.05) is 6.92 Å². The van der Waals surface area contributed by atoms with Gasteiger partial charge >= 0.3 is 6.18 Å². The first-order chi connectivity index (χ1) is 10.7. The lowest BCUT2D eigenvalue weighted by Gasteiger charge is -2.39. The minimum absolute atomic E-state index is 0.0290. The molecule has 0 radical (unpaired) electrons. The minimum Gasteiger partial charge on any atom is -0.362 e. The zero-order valence-corrected chi connectivity index (χ0v) is 12.4. The number of fused-ring (bicyclic) bond motifs is 1. The van der Waals surface area contributed by atoms with Gasteiger partial charge in [0.25, 0.3) is 11.6 Å². The van der Waals surface area contributed by atoms with E-state index in [0.29, 0.717) is 12.8 Å². The Morgan fingerprint density at radius 1 is 1.48 bits per heavy atom. The van der Waals surface area contributed by atoms with Gasteiger partial charge in [-0.2, -0.15) is 23.3 Å². The van der Waals surface area contributed by atoms with E-state index in [2.05, 4.69) is 10.1 Å². The molecule has 8 heteroatoms. The number of aromatic nitrogens is 1. The molecule has 0 saturated heterocycles. The summed E-state index contributed by atoms with van der Waals surface area (Å²) < 4.78 is 40.9. The van der Waals surface area contributed by atoms with Gasteiger partial charge in [-0.25, -0.2) is 0 Å². The summed E-state index contributed by atoms with van der Waals surface area (Å²) in [5.41, 5.74) is -3.12. The van der Waals surface area contributed by atoms with E-state index in [1.165, 1.54) is 18.3 Å². The van der Waals surface area contributed by atoms with Gasteiger partial charge in [0.2, 0.25) is 0 Å². The number of rotatable bonds is 1. The van der Waals surface area contributed by atoms with E-state index in [9.17, 15) is 23.1 Å². The van der Waals surface area contributed by atoms with Crippen molar-refractivity contribution in [2.75, 3.05) is 0 Å². The number of carbonyl (C=O) groups excluding carboxylic acids is 1. The molecule has 0 aromatic carbocycles. The smallest absolute Gasteiger partial charge is 0.362 e. The summed E-state index contributed by atoms with van der Waals surface area (Å²) in [4.78, 5) is 16.2. The highest BCUT2D eigenvalue weighted by atomic mass is 19.4. The molecule has 3 rings (SSSR count). The molecule has 1 fully saturated rings. The highest BCUT2D eigenvalue weighted by Gasteiger charge is 2.68. The van der Waals surface area contributed by atoms with Crippen LogP contribution in [-0.4, -0.2) is 38.6 Å². The van der Waals surface area contributed by atoms with Gasteiger partial charge in [0.15, 0.2) is 0 Å².